The topological polar surface area (TPSA) is 108 Å². The van der Waals surface area contributed by atoms with Crippen molar-refractivity contribution in [3.05, 3.63) is 46.1 Å². The molecule has 7 nitrogen and oxygen atoms in total. The number of thiophene rings is 1. The highest BCUT2D eigenvalue weighted by Gasteiger charge is 2.31. The van der Waals surface area contributed by atoms with Crippen LogP contribution in [0.1, 0.15) is 26.5 Å². The van der Waals surface area contributed by atoms with Gasteiger partial charge in [-0.1, -0.05) is 6.07 Å². The minimum absolute atomic E-state index is 0.0816. The van der Waals surface area contributed by atoms with E-state index in [2.05, 4.69) is 15.0 Å². The summed E-state index contributed by atoms with van der Waals surface area (Å²) in [5.74, 6) is -1.19. The highest BCUT2D eigenvalue weighted by Crippen LogP contribution is 2.34. The van der Waals surface area contributed by atoms with Gasteiger partial charge in [-0.2, -0.15) is 0 Å². The third-order valence-corrected chi connectivity index (χ3v) is 6.96. The number of fused-ring (bicyclic) bond motifs is 1. The molecular weight excluding hydrogens is 350 g/mol. The summed E-state index contributed by atoms with van der Waals surface area (Å²) >= 11 is 1.03. The zero-order valence-corrected chi connectivity index (χ0v) is 14.4. The maximum absolute atomic E-state index is 12.6. The van der Waals surface area contributed by atoms with Crippen LogP contribution in [0.25, 0.3) is 0 Å². The Kier molecular flexibility index (Phi) is 4.95. The Labute approximate surface area is 143 Å². The van der Waals surface area contributed by atoms with Crippen LogP contribution in [0.2, 0.25) is 0 Å². The van der Waals surface area contributed by atoms with Gasteiger partial charge in [0.2, 0.25) is 0 Å². The van der Waals surface area contributed by atoms with Gasteiger partial charge in [-0.05, 0) is 30.7 Å². The summed E-state index contributed by atoms with van der Waals surface area (Å²) in [7, 11) is -3.87. The first kappa shape index (κ1) is 17.0. The first-order chi connectivity index (χ1) is 11.5. The van der Waals surface area contributed by atoms with Crippen molar-refractivity contribution < 1.29 is 18.3 Å². The van der Waals surface area contributed by atoms with E-state index >= 15 is 0 Å². The van der Waals surface area contributed by atoms with Gasteiger partial charge in [0.15, 0.2) is 0 Å². The van der Waals surface area contributed by atoms with Gasteiger partial charge in [-0.3, -0.25) is 4.98 Å². The first-order valence-corrected chi connectivity index (χ1v) is 9.77. The molecule has 0 saturated heterocycles. The summed E-state index contributed by atoms with van der Waals surface area (Å²) in [5, 5.41) is 12.6. The van der Waals surface area contributed by atoms with Gasteiger partial charge in [-0.25, -0.2) is 17.9 Å². The number of carboxylic acids is 1. The molecule has 0 saturated carbocycles. The van der Waals surface area contributed by atoms with Crippen LogP contribution in [0.15, 0.2) is 28.6 Å². The van der Waals surface area contributed by atoms with E-state index < -0.39 is 16.0 Å². The van der Waals surface area contributed by atoms with Gasteiger partial charge in [-0.15, -0.1) is 11.3 Å². The number of rotatable bonds is 6. The monoisotopic (exact) mass is 367 g/mol. The summed E-state index contributed by atoms with van der Waals surface area (Å²) in [6, 6.07) is 5.43. The molecule has 128 valence electrons. The Morgan fingerprint density at radius 1 is 1.42 bits per heavy atom. The van der Waals surface area contributed by atoms with Gasteiger partial charge in [0.05, 0.1) is 5.56 Å². The number of carboxylic acid groups (broad SMARTS) is 1. The van der Waals surface area contributed by atoms with Crippen LogP contribution < -0.4 is 10.0 Å². The molecule has 0 atom stereocenters. The number of hydrogen-bond donors (Lipinski definition) is 3. The fourth-order valence-electron chi connectivity index (χ4n) is 2.64. The van der Waals surface area contributed by atoms with E-state index in [0.717, 1.165) is 21.9 Å². The first-order valence-electron chi connectivity index (χ1n) is 7.47. The molecule has 1 aliphatic heterocycles. The molecule has 3 rings (SSSR count). The third-order valence-electron chi connectivity index (χ3n) is 3.75. The molecule has 0 aromatic carbocycles. The predicted octanol–water partition coefficient (Wildman–Crippen LogP) is 1.01. The maximum Gasteiger partial charge on any atom is 0.338 e. The van der Waals surface area contributed by atoms with Crippen LogP contribution in [0.4, 0.5) is 0 Å². The second-order valence-corrected chi connectivity index (χ2v) is 8.43. The highest BCUT2D eigenvalue weighted by molar-refractivity contribution is 7.91. The van der Waals surface area contributed by atoms with E-state index in [4.69, 9.17) is 0 Å². The van der Waals surface area contributed by atoms with Gasteiger partial charge in [0.25, 0.3) is 10.0 Å². The minimum atomic E-state index is -3.87. The van der Waals surface area contributed by atoms with Gasteiger partial charge in [0, 0.05) is 36.3 Å². The van der Waals surface area contributed by atoms with Crippen molar-refractivity contribution >= 4 is 27.3 Å². The molecule has 3 N–H and O–H groups in total. The molecule has 0 radical (unpaired) electrons. The van der Waals surface area contributed by atoms with E-state index in [0.29, 0.717) is 31.5 Å². The van der Waals surface area contributed by atoms with E-state index in [9.17, 15) is 18.3 Å². The van der Waals surface area contributed by atoms with Crippen molar-refractivity contribution in [3.8, 4) is 0 Å². The summed E-state index contributed by atoms with van der Waals surface area (Å²) in [5.41, 5.74) is 1.33. The lowest BCUT2D eigenvalue weighted by Crippen LogP contribution is -2.27. The van der Waals surface area contributed by atoms with Gasteiger partial charge >= 0.3 is 5.97 Å². The van der Waals surface area contributed by atoms with Crippen LogP contribution in [-0.4, -0.2) is 37.6 Å². The number of nitrogens with one attached hydrogen (secondary N) is 2. The number of sulfonamides is 1. The van der Waals surface area contributed by atoms with Crippen LogP contribution in [0, 0.1) is 0 Å². The number of aromatic carboxylic acids is 1. The predicted molar refractivity (Wildman–Crippen MR) is 89.8 cm³/mol. The molecule has 0 amide bonds. The highest BCUT2D eigenvalue weighted by atomic mass is 32.2. The summed E-state index contributed by atoms with van der Waals surface area (Å²) in [6.45, 7) is 1.32. The lowest BCUT2D eigenvalue weighted by Gasteiger charge is -2.12. The van der Waals surface area contributed by atoms with E-state index in [1.165, 1.54) is 0 Å². The molecule has 0 aliphatic carbocycles. The molecule has 9 heteroatoms. The summed E-state index contributed by atoms with van der Waals surface area (Å²) < 4.78 is 27.5. The fraction of sp³-hybridized carbons (Fsp3) is 0.333. The molecule has 0 fully saturated rings. The molecule has 2 aromatic heterocycles. The zero-order chi connectivity index (χ0) is 17.2. The number of aromatic nitrogens is 1. The van der Waals surface area contributed by atoms with Crippen LogP contribution in [-0.2, 0) is 29.4 Å². The van der Waals surface area contributed by atoms with Crippen LogP contribution in [0.3, 0.4) is 0 Å². The van der Waals surface area contributed by atoms with Crippen LogP contribution in [0.5, 0.6) is 0 Å². The SMILES string of the molecule is O=C(O)c1c(S(=O)(=O)NCCc2ccccn2)sc2c1CCNC2. The molecule has 0 spiro atoms. The lowest BCUT2D eigenvalue weighted by molar-refractivity contribution is 0.0692. The largest absolute Gasteiger partial charge is 0.478 e. The Bertz CT molecular complexity index is 847. The van der Waals surface area contributed by atoms with Crippen molar-refractivity contribution in [3.63, 3.8) is 0 Å². The molecule has 3 heterocycles. The van der Waals surface area contributed by atoms with Crippen molar-refractivity contribution in [1.29, 1.82) is 0 Å². The maximum atomic E-state index is 12.6. The average molecular weight is 367 g/mol. The van der Waals surface area contributed by atoms with Gasteiger partial charge in [0.1, 0.15) is 4.21 Å². The second-order valence-electron chi connectivity index (χ2n) is 5.37. The van der Waals surface area contributed by atoms with Crippen molar-refractivity contribution in [2.45, 2.75) is 23.6 Å². The van der Waals surface area contributed by atoms with Crippen LogP contribution >= 0.6 is 11.3 Å². The van der Waals surface area contributed by atoms with E-state index in [1.54, 1.807) is 12.3 Å². The smallest absolute Gasteiger partial charge is 0.338 e. The summed E-state index contributed by atoms with van der Waals surface area (Å²) in [4.78, 5) is 16.5. The molecular formula is C15H17N3O4S2. The van der Waals surface area contributed by atoms with E-state index in [1.807, 2.05) is 12.1 Å². The van der Waals surface area contributed by atoms with Crippen molar-refractivity contribution in [2.75, 3.05) is 13.1 Å². The van der Waals surface area contributed by atoms with Crippen molar-refractivity contribution in [2.24, 2.45) is 0 Å². The Morgan fingerprint density at radius 2 is 2.25 bits per heavy atom. The molecule has 1 aliphatic rings. The number of nitrogens with zero attached hydrogens (tertiary/aromatic N) is 1. The second kappa shape index (κ2) is 6.98. The molecule has 0 unspecified atom stereocenters. The normalized spacial score (nSPS) is 14.3. The molecule has 0 bridgehead atoms. The number of hydrogen-bond acceptors (Lipinski definition) is 6. The standard InChI is InChI=1S/C15H17N3O4S2/c19-14(20)13-11-5-7-16-9-12(11)23-15(13)24(21,22)18-8-4-10-3-1-2-6-17-10/h1-3,6,16,18H,4-5,7-9H2,(H,19,20). The lowest BCUT2D eigenvalue weighted by atomic mass is 10.1. The Balaban J connectivity index is 1.81. The number of carbonyl (C=O) groups is 1. The fourth-order valence-corrected chi connectivity index (χ4v) is 5.58. The third kappa shape index (κ3) is 3.48. The summed E-state index contributed by atoms with van der Waals surface area (Å²) in [6.07, 6.45) is 2.61. The van der Waals surface area contributed by atoms with Gasteiger partial charge < -0.3 is 10.4 Å². The van der Waals surface area contributed by atoms with Crippen molar-refractivity contribution in [1.82, 2.24) is 15.0 Å². The Morgan fingerprint density at radius 3 is 2.96 bits per heavy atom. The average Bonchev–Trinajstić information content (AvgIpc) is 2.96. The quantitative estimate of drug-likeness (QED) is 0.703. The Hall–Kier alpha value is -1.81. The zero-order valence-electron chi connectivity index (χ0n) is 12.8. The molecule has 2 aromatic rings. The van der Waals surface area contributed by atoms with E-state index in [-0.39, 0.29) is 16.3 Å². The number of pyridine rings is 1. The molecule has 24 heavy (non-hydrogen) atoms. The minimum Gasteiger partial charge on any atom is -0.478 e.